The highest BCUT2D eigenvalue weighted by atomic mass is 15.2. The lowest BCUT2D eigenvalue weighted by atomic mass is 9.95. The number of para-hydroxylation sites is 8. The molecule has 0 radical (unpaired) electrons. The van der Waals surface area contributed by atoms with Crippen molar-refractivity contribution in [1.29, 1.82) is 5.26 Å². The van der Waals surface area contributed by atoms with Crippen molar-refractivity contribution >= 4 is 112 Å². The van der Waals surface area contributed by atoms with Crippen molar-refractivity contribution in [3.05, 3.63) is 388 Å². The Balaban J connectivity index is 0.951. The standard InChI is InChI=1S/C91H63N7/c92-64-67-28-25-26-47-81(67)65-29-27-30-66(58-65)82-53-48-80(97-87-54-49-76(93(68-31-9-1-10-32-68)69-33-11-2-12-34-69)59-83(87)84-60-77(50-55-88(84)97)94(70-35-13-3-14-36-70)71-37-15-4-16-38-71)63-91(82)98-89-56-51-78(95(72-39-17-5-18-40-72)73-41-19-6-20-42-73)61-85(89)86-62-79(52-57-90(86)98)96(74-43-21-7-22-44-74)75-45-23-8-24-46-75/h1-63H. The second-order valence-electron chi connectivity index (χ2n) is 24.4. The van der Waals surface area contributed by atoms with Crippen LogP contribution in [0.4, 0.5) is 68.2 Å². The molecule has 98 heavy (non-hydrogen) atoms. The molecular formula is C91H63N7. The van der Waals surface area contributed by atoms with Gasteiger partial charge in [0.1, 0.15) is 0 Å². The third kappa shape index (κ3) is 10.7. The zero-order chi connectivity index (χ0) is 65.3. The normalized spacial score (nSPS) is 11.3. The highest BCUT2D eigenvalue weighted by Crippen LogP contribution is 2.48. The van der Waals surface area contributed by atoms with Crippen LogP contribution in [0.15, 0.2) is 382 Å². The highest BCUT2D eigenvalue weighted by molar-refractivity contribution is 6.14. The molecule has 7 heteroatoms. The Labute approximate surface area is 569 Å². The van der Waals surface area contributed by atoms with Crippen LogP contribution in [0.3, 0.4) is 0 Å². The Morgan fingerprint density at radius 2 is 0.500 bits per heavy atom. The summed E-state index contributed by atoms with van der Waals surface area (Å²) in [6.07, 6.45) is 0. The minimum Gasteiger partial charge on any atom is -0.310 e. The molecule has 0 spiro atoms. The molecule has 0 fully saturated rings. The van der Waals surface area contributed by atoms with Gasteiger partial charge in [-0.05, 0) is 211 Å². The first-order chi connectivity index (χ1) is 48.6. The predicted molar refractivity (Wildman–Crippen MR) is 409 cm³/mol. The number of rotatable bonds is 16. The first-order valence-corrected chi connectivity index (χ1v) is 33.1. The van der Waals surface area contributed by atoms with Gasteiger partial charge in [0.05, 0.1) is 39.4 Å². The van der Waals surface area contributed by atoms with Gasteiger partial charge in [0, 0.05) is 101 Å². The largest absolute Gasteiger partial charge is 0.310 e. The van der Waals surface area contributed by atoms with E-state index in [0.717, 1.165) is 145 Å². The average Bonchev–Trinajstić information content (AvgIpc) is 1.57. The molecule has 0 aliphatic heterocycles. The molecule has 2 aromatic heterocycles. The van der Waals surface area contributed by atoms with Crippen LogP contribution in [0.25, 0.3) is 77.2 Å². The Kier molecular flexibility index (Phi) is 15.2. The lowest BCUT2D eigenvalue weighted by molar-refractivity contribution is 1.13. The molecule has 17 aromatic rings. The second kappa shape index (κ2) is 25.5. The molecule has 0 bridgehead atoms. The van der Waals surface area contributed by atoms with Crippen molar-refractivity contribution in [3.8, 4) is 39.7 Å². The van der Waals surface area contributed by atoms with Gasteiger partial charge in [-0.25, -0.2) is 0 Å². The number of anilines is 12. The summed E-state index contributed by atoms with van der Waals surface area (Å²) < 4.78 is 4.94. The van der Waals surface area contributed by atoms with Crippen molar-refractivity contribution in [2.75, 3.05) is 19.6 Å². The van der Waals surface area contributed by atoms with Crippen LogP contribution in [0, 0.1) is 11.3 Å². The van der Waals surface area contributed by atoms with E-state index in [4.69, 9.17) is 0 Å². The summed E-state index contributed by atoms with van der Waals surface area (Å²) >= 11 is 0. The maximum absolute atomic E-state index is 10.5. The van der Waals surface area contributed by atoms with Gasteiger partial charge in [-0.15, -0.1) is 0 Å². The number of benzene rings is 15. The van der Waals surface area contributed by atoms with E-state index < -0.39 is 0 Å². The van der Waals surface area contributed by atoms with Gasteiger partial charge in [0.2, 0.25) is 0 Å². The topological polar surface area (TPSA) is 46.6 Å². The van der Waals surface area contributed by atoms with Gasteiger partial charge in [-0.3, -0.25) is 0 Å². The van der Waals surface area contributed by atoms with Gasteiger partial charge in [0.25, 0.3) is 0 Å². The summed E-state index contributed by atoms with van der Waals surface area (Å²) in [6, 6.07) is 139. The molecule has 0 N–H and O–H groups in total. The van der Waals surface area contributed by atoms with E-state index in [1.54, 1.807) is 0 Å². The first kappa shape index (κ1) is 58.4. The van der Waals surface area contributed by atoms with Gasteiger partial charge < -0.3 is 28.7 Å². The van der Waals surface area contributed by atoms with Gasteiger partial charge >= 0.3 is 0 Å². The van der Waals surface area contributed by atoms with Crippen LogP contribution >= 0.6 is 0 Å². The summed E-state index contributed by atoms with van der Waals surface area (Å²) in [5.41, 5.74) is 23.3. The molecular weight excluding hydrogens is 1190 g/mol. The van der Waals surface area contributed by atoms with Crippen molar-refractivity contribution in [2.45, 2.75) is 0 Å². The van der Waals surface area contributed by atoms with E-state index in [9.17, 15) is 5.26 Å². The summed E-state index contributed by atoms with van der Waals surface area (Å²) in [7, 11) is 0. The number of hydrogen-bond donors (Lipinski definition) is 0. The fourth-order valence-corrected chi connectivity index (χ4v) is 14.3. The maximum atomic E-state index is 10.5. The van der Waals surface area contributed by atoms with E-state index in [1.165, 1.54) is 0 Å². The van der Waals surface area contributed by atoms with Gasteiger partial charge in [-0.2, -0.15) is 5.26 Å². The Hall–Kier alpha value is -13.4. The lowest BCUT2D eigenvalue weighted by Gasteiger charge is -2.26. The van der Waals surface area contributed by atoms with Gasteiger partial charge in [0.15, 0.2) is 0 Å². The summed E-state index contributed by atoms with van der Waals surface area (Å²) in [4.78, 5) is 9.39. The molecule has 0 aliphatic rings. The number of fused-ring (bicyclic) bond motifs is 6. The lowest BCUT2D eigenvalue weighted by Crippen LogP contribution is -2.09. The van der Waals surface area contributed by atoms with Gasteiger partial charge in [-0.1, -0.05) is 188 Å². The molecule has 17 rings (SSSR count). The van der Waals surface area contributed by atoms with E-state index in [0.29, 0.717) is 5.56 Å². The number of nitriles is 1. The minimum absolute atomic E-state index is 0.623. The third-order valence-electron chi connectivity index (χ3n) is 18.6. The van der Waals surface area contributed by atoms with E-state index in [1.807, 2.05) is 24.3 Å². The molecule has 0 atom stereocenters. The molecule has 7 nitrogen and oxygen atoms in total. The molecule has 0 saturated carbocycles. The highest BCUT2D eigenvalue weighted by Gasteiger charge is 2.25. The summed E-state index contributed by atoms with van der Waals surface area (Å²) in [6.45, 7) is 0. The number of nitrogens with zero attached hydrogens (tertiary/aromatic N) is 7. The summed E-state index contributed by atoms with van der Waals surface area (Å²) in [5, 5.41) is 14.9. The smallest absolute Gasteiger partial charge is 0.0998 e. The van der Waals surface area contributed by atoms with Crippen LogP contribution in [0.1, 0.15) is 5.56 Å². The number of aromatic nitrogens is 2. The van der Waals surface area contributed by atoms with Crippen LogP contribution in [-0.2, 0) is 0 Å². The Morgan fingerprint density at radius 1 is 0.214 bits per heavy atom. The van der Waals surface area contributed by atoms with Crippen LogP contribution in [0.5, 0.6) is 0 Å². The fraction of sp³-hybridized carbons (Fsp3) is 0. The minimum atomic E-state index is 0.623. The van der Waals surface area contributed by atoms with Crippen molar-refractivity contribution in [3.63, 3.8) is 0 Å². The Morgan fingerprint density at radius 3 is 0.816 bits per heavy atom. The average molecular weight is 1250 g/mol. The zero-order valence-corrected chi connectivity index (χ0v) is 53.5. The monoisotopic (exact) mass is 1250 g/mol. The molecule has 0 amide bonds. The molecule has 462 valence electrons. The molecule has 15 aromatic carbocycles. The molecule has 0 unspecified atom stereocenters. The molecule has 0 saturated heterocycles. The number of hydrogen-bond acceptors (Lipinski definition) is 5. The SMILES string of the molecule is N#Cc1ccccc1-c1cccc(-c2ccc(-n3c4ccc(N(c5ccccc5)c5ccccc5)cc4c4cc(N(c5ccccc5)c5ccccc5)ccc43)cc2-n2c3ccc(N(c4ccccc4)c4ccccc4)cc3c3cc(N(c4ccccc4)c4ccccc4)ccc32)c1. The fourth-order valence-electron chi connectivity index (χ4n) is 14.3. The van der Waals surface area contributed by atoms with E-state index >= 15 is 0 Å². The predicted octanol–water partition coefficient (Wildman–Crippen LogP) is 25.0. The maximum Gasteiger partial charge on any atom is 0.0998 e. The molecule has 0 aliphatic carbocycles. The van der Waals surface area contributed by atoms with Crippen molar-refractivity contribution in [1.82, 2.24) is 9.13 Å². The van der Waals surface area contributed by atoms with Crippen molar-refractivity contribution < 1.29 is 0 Å². The third-order valence-corrected chi connectivity index (χ3v) is 18.6. The first-order valence-electron chi connectivity index (χ1n) is 33.1. The van der Waals surface area contributed by atoms with Crippen molar-refractivity contribution in [2.24, 2.45) is 0 Å². The van der Waals surface area contributed by atoms with Crippen LogP contribution < -0.4 is 19.6 Å². The zero-order valence-electron chi connectivity index (χ0n) is 53.5. The van der Waals surface area contributed by atoms with E-state index in [-0.39, 0.29) is 0 Å². The van der Waals surface area contributed by atoms with Crippen LogP contribution in [-0.4, -0.2) is 9.13 Å². The second-order valence-corrected chi connectivity index (χ2v) is 24.4. The summed E-state index contributed by atoms with van der Waals surface area (Å²) in [5.74, 6) is 0. The quantitative estimate of drug-likeness (QED) is 0.0965. The van der Waals surface area contributed by atoms with E-state index in [2.05, 4.69) is 393 Å². The Bertz CT molecular complexity index is 5320. The van der Waals surface area contributed by atoms with Crippen LogP contribution in [0.2, 0.25) is 0 Å². The molecule has 2 heterocycles.